The molecule has 6 nitrogen and oxygen atoms in total. The quantitative estimate of drug-likeness (QED) is 0.732. The SMILES string of the molecule is COc1ccc(-c2noc(=O)n2Cc2ccccn2)cc1. The maximum atomic E-state index is 11.8. The Bertz CT molecular complexity index is 776. The van der Waals surface area contributed by atoms with Gasteiger partial charge in [0.2, 0.25) is 0 Å². The molecule has 0 N–H and O–H groups in total. The van der Waals surface area contributed by atoms with Gasteiger partial charge < -0.3 is 4.74 Å². The first-order chi connectivity index (χ1) is 10.3. The topological polar surface area (TPSA) is 70.2 Å². The van der Waals surface area contributed by atoms with Crippen molar-refractivity contribution in [2.75, 3.05) is 7.11 Å². The van der Waals surface area contributed by atoms with Gasteiger partial charge in [0.1, 0.15) is 5.75 Å². The molecule has 0 amide bonds. The molecule has 3 aromatic rings. The lowest BCUT2D eigenvalue weighted by molar-refractivity contribution is 0.378. The lowest BCUT2D eigenvalue weighted by Crippen LogP contribution is -2.16. The van der Waals surface area contributed by atoms with Gasteiger partial charge in [0.05, 0.1) is 19.3 Å². The summed E-state index contributed by atoms with van der Waals surface area (Å²) in [5.74, 6) is 0.695. The Labute approximate surface area is 120 Å². The van der Waals surface area contributed by atoms with Crippen LogP contribution >= 0.6 is 0 Å². The first-order valence-electron chi connectivity index (χ1n) is 6.39. The van der Waals surface area contributed by atoms with E-state index in [-0.39, 0.29) is 0 Å². The first-order valence-corrected chi connectivity index (χ1v) is 6.39. The zero-order valence-corrected chi connectivity index (χ0v) is 11.4. The smallest absolute Gasteiger partial charge is 0.442 e. The highest BCUT2D eigenvalue weighted by Crippen LogP contribution is 2.20. The third-order valence-corrected chi connectivity index (χ3v) is 3.08. The van der Waals surface area contributed by atoms with Crippen LogP contribution < -0.4 is 10.5 Å². The summed E-state index contributed by atoms with van der Waals surface area (Å²) in [7, 11) is 1.60. The van der Waals surface area contributed by atoms with Crippen LogP contribution in [0.1, 0.15) is 5.69 Å². The lowest BCUT2D eigenvalue weighted by atomic mass is 10.2. The second-order valence-corrected chi connectivity index (χ2v) is 4.41. The molecule has 1 aromatic carbocycles. The van der Waals surface area contributed by atoms with E-state index in [1.807, 2.05) is 30.3 Å². The van der Waals surface area contributed by atoms with Crippen LogP contribution in [0, 0.1) is 0 Å². The van der Waals surface area contributed by atoms with E-state index in [0.29, 0.717) is 12.4 Å². The van der Waals surface area contributed by atoms with Gasteiger partial charge in [0.15, 0.2) is 5.82 Å². The minimum Gasteiger partial charge on any atom is -0.497 e. The molecule has 0 saturated heterocycles. The average molecular weight is 283 g/mol. The molecule has 0 atom stereocenters. The predicted molar refractivity (Wildman–Crippen MR) is 76.1 cm³/mol. The Kier molecular flexibility index (Phi) is 3.51. The van der Waals surface area contributed by atoms with E-state index in [9.17, 15) is 4.79 Å². The van der Waals surface area contributed by atoms with Crippen LogP contribution in [0.3, 0.4) is 0 Å². The van der Waals surface area contributed by atoms with Crippen LogP contribution in [0.5, 0.6) is 5.75 Å². The molecule has 0 radical (unpaired) electrons. The fourth-order valence-corrected chi connectivity index (χ4v) is 2.01. The highest BCUT2D eigenvalue weighted by molar-refractivity contribution is 5.56. The molecule has 21 heavy (non-hydrogen) atoms. The van der Waals surface area contributed by atoms with Gasteiger partial charge in [-0.3, -0.25) is 14.1 Å². The number of rotatable bonds is 4. The largest absolute Gasteiger partial charge is 0.497 e. The first kappa shape index (κ1) is 13.1. The summed E-state index contributed by atoms with van der Waals surface area (Å²) >= 11 is 0. The van der Waals surface area contributed by atoms with Gasteiger partial charge in [-0.15, -0.1) is 0 Å². The molecule has 6 heteroatoms. The second kappa shape index (κ2) is 5.62. The van der Waals surface area contributed by atoms with Crippen molar-refractivity contribution >= 4 is 0 Å². The predicted octanol–water partition coefficient (Wildman–Crippen LogP) is 1.96. The van der Waals surface area contributed by atoms with Gasteiger partial charge in [0.25, 0.3) is 0 Å². The Hall–Kier alpha value is -2.89. The number of nitrogens with zero attached hydrogens (tertiary/aromatic N) is 3. The molecule has 0 aliphatic carbocycles. The average Bonchev–Trinajstić information content (AvgIpc) is 2.90. The molecule has 106 valence electrons. The Morgan fingerprint density at radius 2 is 2.00 bits per heavy atom. The standard InChI is InChI=1S/C15H13N3O3/c1-20-13-7-5-11(6-8-13)14-17-21-15(19)18(14)10-12-4-2-3-9-16-12/h2-9H,10H2,1H3. The van der Waals surface area contributed by atoms with E-state index in [0.717, 1.165) is 17.0 Å². The van der Waals surface area contributed by atoms with Crippen LogP contribution in [0.25, 0.3) is 11.4 Å². The monoisotopic (exact) mass is 283 g/mol. The molecule has 0 unspecified atom stereocenters. The highest BCUT2D eigenvalue weighted by atomic mass is 16.5. The zero-order valence-electron chi connectivity index (χ0n) is 11.4. The number of methoxy groups -OCH3 is 1. The lowest BCUT2D eigenvalue weighted by Gasteiger charge is -2.05. The third-order valence-electron chi connectivity index (χ3n) is 3.08. The van der Waals surface area contributed by atoms with Crippen molar-refractivity contribution in [2.24, 2.45) is 0 Å². The summed E-state index contributed by atoms with van der Waals surface area (Å²) < 4.78 is 11.3. The molecule has 0 aliphatic rings. The maximum absolute atomic E-state index is 11.8. The van der Waals surface area contributed by atoms with Gasteiger partial charge in [-0.2, -0.15) is 0 Å². The summed E-state index contributed by atoms with van der Waals surface area (Å²) in [5, 5.41) is 3.84. The summed E-state index contributed by atoms with van der Waals surface area (Å²) in [6, 6.07) is 12.8. The summed E-state index contributed by atoms with van der Waals surface area (Å²) in [6.45, 7) is 0.310. The molecule has 3 rings (SSSR count). The minimum absolute atomic E-state index is 0.310. The van der Waals surface area contributed by atoms with Crippen molar-refractivity contribution in [1.29, 1.82) is 0 Å². The molecule has 0 bridgehead atoms. The number of ether oxygens (including phenoxy) is 1. The summed E-state index contributed by atoms with van der Waals surface area (Å²) in [6.07, 6.45) is 1.68. The van der Waals surface area contributed by atoms with Crippen molar-refractivity contribution in [3.8, 4) is 17.1 Å². The molecule has 2 heterocycles. The molecule has 0 fully saturated rings. The number of benzene rings is 1. The molecule has 0 saturated carbocycles. The zero-order chi connectivity index (χ0) is 14.7. The van der Waals surface area contributed by atoms with Crippen molar-refractivity contribution in [2.45, 2.75) is 6.54 Å². The van der Waals surface area contributed by atoms with E-state index in [2.05, 4.69) is 10.1 Å². The van der Waals surface area contributed by atoms with Gasteiger partial charge in [-0.05, 0) is 36.4 Å². The summed E-state index contributed by atoms with van der Waals surface area (Å²) in [4.78, 5) is 16.0. The van der Waals surface area contributed by atoms with Crippen LogP contribution in [0.4, 0.5) is 0 Å². The molecular formula is C15H13N3O3. The number of hydrogen-bond donors (Lipinski definition) is 0. The van der Waals surface area contributed by atoms with E-state index in [1.165, 1.54) is 4.57 Å². The Morgan fingerprint density at radius 3 is 2.67 bits per heavy atom. The van der Waals surface area contributed by atoms with E-state index < -0.39 is 5.76 Å². The van der Waals surface area contributed by atoms with Crippen LogP contribution in [-0.4, -0.2) is 21.8 Å². The molecule has 0 aliphatic heterocycles. The van der Waals surface area contributed by atoms with Crippen molar-refractivity contribution in [3.05, 3.63) is 64.9 Å². The van der Waals surface area contributed by atoms with Crippen LogP contribution in [-0.2, 0) is 6.54 Å². The van der Waals surface area contributed by atoms with Crippen molar-refractivity contribution in [1.82, 2.24) is 14.7 Å². The van der Waals surface area contributed by atoms with Crippen LogP contribution in [0.15, 0.2) is 58.0 Å². The third kappa shape index (κ3) is 2.69. The number of hydrogen-bond acceptors (Lipinski definition) is 5. The fourth-order valence-electron chi connectivity index (χ4n) is 2.01. The minimum atomic E-state index is -0.508. The number of pyridine rings is 1. The summed E-state index contributed by atoms with van der Waals surface area (Å²) in [5.41, 5.74) is 1.54. The van der Waals surface area contributed by atoms with Crippen molar-refractivity contribution in [3.63, 3.8) is 0 Å². The maximum Gasteiger partial charge on any atom is 0.442 e. The highest BCUT2D eigenvalue weighted by Gasteiger charge is 2.13. The Morgan fingerprint density at radius 1 is 1.19 bits per heavy atom. The second-order valence-electron chi connectivity index (χ2n) is 4.41. The fraction of sp³-hybridized carbons (Fsp3) is 0.133. The van der Waals surface area contributed by atoms with Crippen LogP contribution in [0.2, 0.25) is 0 Å². The Balaban J connectivity index is 1.98. The molecular weight excluding hydrogens is 270 g/mol. The molecule has 0 spiro atoms. The van der Waals surface area contributed by atoms with E-state index in [4.69, 9.17) is 9.26 Å². The van der Waals surface area contributed by atoms with Gasteiger partial charge in [-0.25, -0.2) is 4.79 Å². The van der Waals surface area contributed by atoms with Gasteiger partial charge in [-0.1, -0.05) is 11.2 Å². The van der Waals surface area contributed by atoms with Crippen molar-refractivity contribution < 1.29 is 9.26 Å². The number of aromatic nitrogens is 3. The van der Waals surface area contributed by atoms with Gasteiger partial charge in [0, 0.05) is 11.8 Å². The normalized spacial score (nSPS) is 10.5. The molecule has 2 aromatic heterocycles. The van der Waals surface area contributed by atoms with E-state index >= 15 is 0 Å². The van der Waals surface area contributed by atoms with Gasteiger partial charge >= 0.3 is 5.76 Å². The van der Waals surface area contributed by atoms with E-state index in [1.54, 1.807) is 25.4 Å².